The van der Waals surface area contributed by atoms with Crippen molar-refractivity contribution in [1.82, 2.24) is 4.98 Å². The van der Waals surface area contributed by atoms with Gasteiger partial charge < -0.3 is 4.55 Å². The third kappa shape index (κ3) is 4.37. The average molecular weight is 349 g/mol. The second-order valence-corrected chi connectivity index (χ2v) is 8.81. The van der Waals surface area contributed by atoms with E-state index in [1.807, 2.05) is 6.92 Å². The van der Waals surface area contributed by atoms with E-state index < -0.39 is 10.1 Å². The molecule has 23 heavy (non-hydrogen) atoms. The van der Waals surface area contributed by atoms with Gasteiger partial charge in [-0.3, -0.25) is 0 Å². The first-order chi connectivity index (χ1) is 10.8. The molecule has 3 rings (SSSR count). The van der Waals surface area contributed by atoms with E-state index in [9.17, 15) is 13.0 Å². The Morgan fingerprint density at radius 2 is 1.65 bits per heavy atom. The van der Waals surface area contributed by atoms with Crippen LogP contribution in [-0.4, -0.2) is 18.0 Å². The van der Waals surface area contributed by atoms with Crippen molar-refractivity contribution in [1.29, 1.82) is 0 Å². The summed E-state index contributed by atoms with van der Waals surface area (Å²) in [4.78, 5) is 4.36. The number of nitrogens with zero attached hydrogens (tertiary/aromatic N) is 1. The Hall–Kier alpha value is -1.76. The molecule has 2 aromatic carbocycles. The van der Waals surface area contributed by atoms with Crippen LogP contribution in [-0.2, 0) is 15.9 Å². The molecule has 0 aliphatic carbocycles. The van der Waals surface area contributed by atoms with E-state index in [1.165, 1.54) is 33.1 Å². The van der Waals surface area contributed by atoms with Gasteiger partial charge >= 0.3 is 0 Å². The molecule has 0 fully saturated rings. The highest BCUT2D eigenvalue weighted by atomic mass is 32.2. The van der Waals surface area contributed by atoms with Crippen molar-refractivity contribution in [2.45, 2.75) is 31.4 Å². The van der Waals surface area contributed by atoms with Gasteiger partial charge in [0.1, 0.15) is 21.4 Å². The third-order valence-electron chi connectivity index (χ3n) is 3.36. The molecule has 1 aromatic heterocycles. The Balaban J connectivity index is 0.000000168. The van der Waals surface area contributed by atoms with Crippen molar-refractivity contribution in [2.24, 2.45) is 0 Å². The van der Waals surface area contributed by atoms with Crippen molar-refractivity contribution in [3.63, 3.8) is 0 Å². The van der Waals surface area contributed by atoms with E-state index in [4.69, 9.17) is 0 Å². The zero-order valence-electron chi connectivity index (χ0n) is 13.3. The second-order valence-electron chi connectivity index (χ2n) is 5.05. The first-order valence-corrected chi connectivity index (χ1v) is 10.0. The molecule has 1 atom stereocenters. The van der Waals surface area contributed by atoms with Gasteiger partial charge in [0.25, 0.3) is 0 Å². The molecule has 4 nitrogen and oxygen atoms in total. The smallest absolute Gasteiger partial charge is 0.239 e. The Bertz CT molecular complexity index is 897. The van der Waals surface area contributed by atoms with E-state index in [1.54, 1.807) is 12.1 Å². The van der Waals surface area contributed by atoms with E-state index in [-0.39, 0.29) is 4.90 Å². The summed E-state index contributed by atoms with van der Waals surface area (Å²) in [7, 11) is -3.97. The number of fused-ring (bicyclic) bond motifs is 1. The molecule has 1 heterocycles. The molecule has 0 spiro atoms. The molecule has 0 N–H and O–H groups in total. The molecule has 0 radical (unpaired) electrons. The summed E-state index contributed by atoms with van der Waals surface area (Å²) < 4.78 is 32.6. The summed E-state index contributed by atoms with van der Waals surface area (Å²) in [5.74, 6) is 1.19. The lowest BCUT2D eigenvalue weighted by molar-refractivity contribution is 0.463. The monoisotopic (exact) mass is 349 g/mol. The standard InChI is InChI=1S/C10H12NS.C7H8O3S/c1-3-12-8(2)11-9-6-4-5-7-10(9)12;1-6-2-4-7(5-3-6)11(8,9)10/h4-7H,3H2,1-2H3;2-5H,1H3,(H,8,9,10)/q+1;/p-1. The number of hydrogen-bond acceptors (Lipinski definition) is 4. The minimum absolute atomic E-state index is 0.178. The third-order valence-corrected chi connectivity index (χ3v) is 6.47. The molecule has 0 amide bonds. The van der Waals surface area contributed by atoms with Gasteiger partial charge in [-0.25, -0.2) is 8.42 Å². The predicted molar refractivity (Wildman–Crippen MR) is 93.8 cm³/mol. The van der Waals surface area contributed by atoms with Crippen LogP contribution in [0.4, 0.5) is 0 Å². The van der Waals surface area contributed by atoms with Crippen LogP contribution in [0.5, 0.6) is 0 Å². The molecule has 0 aliphatic rings. The minimum atomic E-state index is -4.27. The number of benzene rings is 2. The van der Waals surface area contributed by atoms with Gasteiger partial charge in [-0.15, -0.1) is 0 Å². The maximum absolute atomic E-state index is 10.4. The molecule has 0 bridgehead atoms. The van der Waals surface area contributed by atoms with Gasteiger partial charge in [0.05, 0.1) is 4.90 Å². The maximum Gasteiger partial charge on any atom is 0.239 e. The van der Waals surface area contributed by atoms with Crippen LogP contribution in [0.2, 0.25) is 0 Å². The lowest BCUT2D eigenvalue weighted by atomic mass is 10.2. The number of rotatable bonds is 2. The lowest BCUT2D eigenvalue weighted by Crippen LogP contribution is -1.97. The zero-order valence-corrected chi connectivity index (χ0v) is 14.9. The molecular weight excluding hydrogens is 330 g/mol. The Morgan fingerprint density at radius 1 is 1.04 bits per heavy atom. The van der Waals surface area contributed by atoms with Gasteiger partial charge in [0, 0.05) is 23.5 Å². The largest absolute Gasteiger partial charge is 0.744 e. The number of aryl methyl sites for hydroxylation is 3. The average Bonchev–Trinajstić information content (AvgIpc) is 2.82. The van der Waals surface area contributed by atoms with Crippen LogP contribution >= 0.6 is 10.5 Å². The summed E-state index contributed by atoms with van der Waals surface area (Å²) in [5.41, 5.74) is 2.11. The molecule has 6 heteroatoms. The van der Waals surface area contributed by atoms with Gasteiger partial charge in [-0.1, -0.05) is 29.8 Å². The zero-order chi connectivity index (χ0) is 17.0. The molecule has 0 saturated heterocycles. The van der Waals surface area contributed by atoms with E-state index in [2.05, 4.69) is 43.1 Å². The summed E-state index contributed by atoms with van der Waals surface area (Å²) in [6.07, 6.45) is 0. The van der Waals surface area contributed by atoms with Crippen molar-refractivity contribution in [2.75, 3.05) is 0 Å². The molecule has 122 valence electrons. The van der Waals surface area contributed by atoms with Gasteiger partial charge in [0.2, 0.25) is 9.71 Å². The Kier molecular flexibility index (Phi) is 5.51. The topological polar surface area (TPSA) is 70.1 Å². The highest BCUT2D eigenvalue weighted by Crippen LogP contribution is 2.33. The van der Waals surface area contributed by atoms with Crippen LogP contribution < -0.4 is 0 Å². The predicted octanol–water partition coefficient (Wildman–Crippen LogP) is 4.21. The van der Waals surface area contributed by atoms with Gasteiger partial charge in [-0.2, -0.15) is 4.98 Å². The summed E-state index contributed by atoms with van der Waals surface area (Å²) >= 11 is 0. The first-order valence-electron chi connectivity index (χ1n) is 7.20. The van der Waals surface area contributed by atoms with Crippen molar-refractivity contribution in [3.8, 4) is 0 Å². The number of para-hydroxylation sites is 1. The molecule has 3 aromatic rings. The minimum Gasteiger partial charge on any atom is -0.744 e. The van der Waals surface area contributed by atoms with Crippen LogP contribution in [0.1, 0.15) is 17.5 Å². The van der Waals surface area contributed by atoms with Gasteiger partial charge in [0.15, 0.2) is 0 Å². The molecule has 0 aliphatic heterocycles. The number of aromatic nitrogens is 1. The molecule has 1 unspecified atom stereocenters. The van der Waals surface area contributed by atoms with Crippen LogP contribution in [0.3, 0.4) is 0 Å². The fraction of sp³-hybridized carbons (Fsp3) is 0.235. The van der Waals surface area contributed by atoms with E-state index >= 15 is 0 Å². The fourth-order valence-corrected chi connectivity index (χ4v) is 4.55. The van der Waals surface area contributed by atoms with Crippen LogP contribution in [0, 0.1) is 13.8 Å². The lowest BCUT2D eigenvalue weighted by Gasteiger charge is -2.05. The first kappa shape index (κ1) is 17.6. The summed E-state index contributed by atoms with van der Waals surface area (Å²) in [6, 6.07) is 14.2. The quantitative estimate of drug-likeness (QED) is 0.513. The van der Waals surface area contributed by atoms with Crippen molar-refractivity contribution >= 4 is 30.8 Å². The van der Waals surface area contributed by atoms with Crippen LogP contribution in [0.25, 0.3) is 10.2 Å². The fourth-order valence-electron chi connectivity index (χ4n) is 2.21. The van der Waals surface area contributed by atoms with Crippen molar-refractivity contribution in [3.05, 3.63) is 59.1 Å². The SMILES string of the molecule is CC[s+]1c(C)nc2ccccc21.Cc1ccc(S(=O)(=O)[O-])cc1. The molecule has 0 saturated carbocycles. The Morgan fingerprint density at radius 3 is 2.22 bits per heavy atom. The number of hydrogen-bond donors (Lipinski definition) is 0. The highest BCUT2D eigenvalue weighted by Gasteiger charge is 2.15. The second kappa shape index (κ2) is 7.21. The highest BCUT2D eigenvalue weighted by molar-refractivity contribution is 7.85. The van der Waals surface area contributed by atoms with E-state index in [0.717, 1.165) is 5.56 Å². The van der Waals surface area contributed by atoms with Crippen LogP contribution in [0.15, 0.2) is 53.4 Å². The normalized spacial score (nSPS) is 11.9. The van der Waals surface area contributed by atoms with Gasteiger partial charge in [-0.05, 0) is 32.0 Å². The Labute approximate surface area is 139 Å². The molecular formula is C17H19NO3S2. The van der Waals surface area contributed by atoms with E-state index in [0.29, 0.717) is 10.5 Å². The summed E-state index contributed by atoms with van der Waals surface area (Å²) in [6.45, 7) is 6.18. The number of thiazole rings is 1. The van der Waals surface area contributed by atoms with Crippen molar-refractivity contribution < 1.29 is 13.0 Å². The maximum atomic E-state index is 10.4. The summed E-state index contributed by atoms with van der Waals surface area (Å²) in [5, 5.41) is 1.29.